The van der Waals surface area contributed by atoms with Gasteiger partial charge in [-0.05, 0) is 67.1 Å². The van der Waals surface area contributed by atoms with Crippen LogP contribution in [0, 0.1) is 0 Å². The zero-order chi connectivity index (χ0) is 24.6. The van der Waals surface area contributed by atoms with Gasteiger partial charge in [0.05, 0.1) is 18.4 Å². The van der Waals surface area contributed by atoms with Crippen molar-refractivity contribution in [2.24, 2.45) is 0 Å². The number of halogens is 1. The number of aromatic nitrogens is 2. The van der Waals surface area contributed by atoms with Crippen molar-refractivity contribution < 1.29 is 18.8 Å². The van der Waals surface area contributed by atoms with Crippen LogP contribution >= 0.6 is 11.6 Å². The minimum atomic E-state index is -0.333. The molecule has 0 radical (unpaired) electrons. The SMILES string of the molecule is COc1ccc(-c2noc(CCCC(=O)Nc3ccccc3C(=O)Nc3ccc(Cl)cc3)n2)cc1. The maximum absolute atomic E-state index is 12.7. The molecule has 8 nitrogen and oxygen atoms in total. The Hall–Kier alpha value is -4.17. The first-order valence-corrected chi connectivity index (χ1v) is 11.3. The Kier molecular flexibility index (Phi) is 7.74. The lowest BCUT2D eigenvalue weighted by molar-refractivity contribution is -0.116. The summed E-state index contributed by atoms with van der Waals surface area (Å²) in [5.41, 5.74) is 2.21. The topological polar surface area (TPSA) is 106 Å². The van der Waals surface area contributed by atoms with Crippen LogP contribution in [0.3, 0.4) is 0 Å². The first-order valence-electron chi connectivity index (χ1n) is 10.9. The Morgan fingerprint density at radius 3 is 2.46 bits per heavy atom. The van der Waals surface area contributed by atoms with Crippen LogP contribution in [0.1, 0.15) is 29.1 Å². The average Bonchev–Trinajstić information content (AvgIpc) is 3.34. The van der Waals surface area contributed by atoms with Gasteiger partial charge in [-0.1, -0.05) is 28.9 Å². The molecule has 0 aliphatic rings. The van der Waals surface area contributed by atoms with Crippen LogP contribution in [0.2, 0.25) is 5.02 Å². The van der Waals surface area contributed by atoms with E-state index in [1.807, 2.05) is 24.3 Å². The summed E-state index contributed by atoms with van der Waals surface area (Å²) in [5, 5.41) is 10.2. The molecular formula is C26H23ClN4O4. The number of ether oxygens (including phenoxy) is 1. The molecule has 0 spiro atoms. The Morgan fingerprint density at radius 2 is 1.71 bits per heavy atom. The summed E-state index contributed by atoms with van der Waals surface area (Å²) in [7, 11) is 1.60. The molecule has 35 heavy (non-hydrogen) atoms. The highest BCUT2D eigenvalue weighted by molar-refractivity contribution is 6.30. The van der Waals surface area contributed by atoms with Crippen LogP contribution in [0.25, 0.3) is 11.4 Å². The summed E-state index contributed by atoms with van der Waals surface area (Å²) in [6.07, 6.45) is 1.19. The van der Waals surface area contributed by atoms with Gasteiger partial charge in [0.1, 0.15) is 5.75 Å². The highest BCUT2D eigenvalue weighted by Crippen LogP contribution is 2.21. The second-order valence-electron chi connectivity index (χ2n) is 7.65. The van der Waals surface area contributed by atoms with Crippen LogP contribution in [0.15, 0.2) is 77.3 Å². The van der Waals surface area contributed by atoms with Gasteiger partial charge in [0.15, 0.2) is 0 Å². The fourth-order valence-electron chi connectivity index (χ4n) is 3.35. The molecule has 3 aromatic carbocycles. The molecule has 4 aromatic rings. The minimum Gasteiger partial charge on any atom is -0.497 e. The highest BCUT2D eigenvalue weighted by atomic mass is 35.5. The summed E-state index contributed by atoms with van der Waals surface area (Å²) < 4.78 is 10.5. The lowest BCUT2D eigenvalue weighted by Gasteiger charge is -2.11. The monoisotopic (exact) mass is 490 g/mol. The van der Waals surface area contributed by atoms with E-state index in [2.05, 4.69) is 20.8 Å². The Bertz CT molecular complexity index is 1300. The van der Waals surface area contributed by atoms with Gasteiger partial charge in [-0.2, -0.15) is 4.98 Å². The summed E-state index contributed by atoms with van der Waals surface area (Å²) in [6, 6.07) is 21.0. The van der Waals surface area contributed by atoms with E-state index >= 15 is 0 Å². The molecule has 0 saturated heterocycles. The molecule has 0 aliphatic carbocycles. The minimum absolute atomic E-state index is 0.216. The molecule has 178 valence electrons. The molecule has 0 atom stereocenters. The summed E-state index contributed by atoms with van der Waals surface area (Å²) >= 11 is 5.89. The number of hydrogen-bond donors (Lipinski definition) is 2. The molecule has 0 unspecified atom stereocenters. The number of benzene rings is 3. The second kappa shape index (κ2) is 11.3. The van der Waals surface area contributed by atoms with Crippen molar-refractivity contribution in [1.82, 2.24) is 10.1 Å². The third-order valence-electron chi connectivity index (χ3n) is 5.16. The molecule has 1 heterocycles. The largest absolute Gasteiger partial charge is 0.497 e. The third-order valence-corrected chi connectivity index (χ3v) is 5.41. The fraction of sp³-hybridized carbons (Fsp3) is 0.154. The molecule has 1 aromatic heterocycles. The van der Waals surface area contributed by atoms with E-state index in [4.69, 9.17) is 20.9 Å². The number of nitrogens with zero attached hydrogens (tertiary/aromatic N) is 2. The average molecular weight is 491 g/mol. The lowest BCUT2D eigenvalue weighted by Crippen LogP contribution is -2.18. The van der Waals surface area contributed by atoms with E-state index in [-0.39, 0.29) is 18.2 Å². The summed E-state index contributed by atoms with van der Waals surface area (Å²) in [4.78, 5) is 29.6. The van der Waals surface area contributed by atoms with Crippen LogP contribution < -0.4 is 15.4 Å². The fourth-order valence-corrected chi connectivity index (χ4v) is 3.47. The van der Waals surface area contributed by atoms with Crippen molar-refractivity contribution in [3.05, 3.63) is 89.3 Å². The number of nitrogens with one attached hydrogen (secondary N) is 2. The van der Waals surface area contributed by atoms with Crippen molar-refractivity contribution >= 4 is 34.8 Å². The highest BCUT2D eigenvalue weighted by Gasteiger charge is 2.14. The van der Waals surface area contributed by atoms with Crippen LogP contribution in [0.4, 0.5) is 11.4 Å². The number of amides is 2. The number of hydrogen-bond acceptors (Lipinski definition) is 6. The third kappa shape index (κ3) is 6.45. The zero-order valence-electron chi connectivity index (χ0n) is 19.0. The number of methoxy groups -OCH3 is 1. The Balaban J connectivity index is 1.30. The molecule has 0 bridgehead atoms. The lowest BCUT2D eigenvalue weighted by atomic mass is 10.1. The number of rotatable bonds is 9. The number of anilines is 2. The second-order valence-corrected chi connectivity index (χ2v) is 8.08. The Labute approximate surface area is 207 Å². The number of carbonyl (C=O) groups excluding carboxylic acids is 2. The number of para-hydroxylation sites is 1. The molecule has 0 saturated carbocycles. The quantitative estimate of drug-likeness (QED) is 0.316. The maximum Gasteiger partial charge on any atom is 0.257 e. The number of carbonyl (C=O) groups is 2. The molecule has 9 heteroatoms. The van der Waals surface area contributed by atoms with Crippen LogP contribution in [-0.2, 0) is 11.2 Å². The summed E-state index contributed by atoms with van der Waals surface area (Å²) in [5.74, 6) is 1.12. The van der Waals surface area contributed by atoms with Gasteiger partial charge in [-0.15, -0.1) is 0 Å². The van der Waals surface area contributed by atoms with Gasteiger partial charge in [0, 0.05) is 29.1 Å². The van der Waals surface area contributed by atoms with Crippen molar-refractivity contribution in [3.8, 4) is 17.1 Å². The smallest absolute Gasteiger partial charge is 0.257 e. The maximum atomic E-state index is 12.7. The molecule has 2 N–H and O–H groups in total. The van der Waals surface area contributed by atoms with Gasteiger partial charge in [0.25, 0.3) is 5.91 Å². The summed E-state index contributed by atoms with van der Waals surface area (Å²) in [6.45, 7) is 0. The van der Waals surface area contributed by atoms with Crippen molar-refractivity contribution in [3.63, 3.8) is 0 Å². The van der Waals surface area contributed by atoms with E-state index in [0.717, 1.165) is 11.3 Å². The van der Waals surface area contributed by atoms with E-state index in [1.54, 1.807) is 55.6 Å². The molecule has 0 aliphatic heterocycles. The van der Waals surface area contributed by atoms with Crippen molar-refractivity contribution in [1.29, 1.82) is 0 Å². The molecular weight excluding hydrogens is 468 g/mol. The van der Waals surface area contributed by atoms with E-state index in [9.17, 15) is 9.59 Å². The Morgan fingerprint density at radius 1 is 0.971 bits per heavy atom. The first-order chi connectivity index (χ1) is 17.0. The standard InChI is InChI=1S/C26H23ClN4O4/c1-34-20-15-9-17(10-16-20)25-30-24(35-31-25)8-4-7-23(32)29-22-6-3-2-5-21(22)26(33)28-19-13-11-18(27)12-14-19/h2-3,5-6,9-16H,4,7-8H2,1H3,(H,28,33)(H,29,32). The normalized spacial score (nSPS) is 10.6. The van der Waals surface area contributed by atoms with Gasteiger partial charge in [0.2, 0.25) is 17.6 Å². The van der Waals surface area contributed by atoms with Gasteiger partial charge < -0.3 is 19.9 Å². The van der Waals surface area contributed by atoms with E-state index in [1.165, 1.54) is 0 Å². The van der Waals surface area contributed by atoms with E-state index in [0.29, 0.717) is 46.5 Å². The predicted molar refractivity (Wildman–Crippen MR) is 134 cm³/mol. The van der Waals surface area contributed by atoms with Crippen LogP contribution in [-0.4, -0.2) is 29.1 Å². The van der Waals surface area contributed by atoms with E-state index < -0.39 is 0 Å². The zero-order valence-corrected chi connectivity index (χ0v) is 19.7. The first kappa shape index (κ1) is 24.0. The number of aryl methyl sites for hydroxylation is 1. The molecule has 0 fully saturated rings. The van der Waals surface area contributed by atoms with Crippen molar-refractivity contribution in [2.75, 3.05) is 17.7 Å². The van der Waals surface area contributed by atoms with Gasteiger partial charge in [-0.3, -0.25) is 9.59 Å². The molecule has 2 amide bonds. The molecule has 4 rings (SSSR count). The van der Waals surface area contributed by atoms with Gasteiger partial charge >= 0.3 is 0 Å². The van der Waals surface area contributed by atoms with Gasteiger partial charge in [-0.25, -0.2) is 0 Å². The van der Waals surface area contributed by atoms with Crippen LogP contribution in [0.5, 0.6) is 5.75 Å². The predicted octanol–water partition coefficient (Wildman–Crippen LogP) is 5.61. The van der Waals surface area contributed by atoms with Crippen molar-refractivity contribution in [2.45, 2.75) is 19.3 Å².